The summed E-state index contributed by atoms with van der Waals surface area (Å²) in [6.07, 6.45) is 4.61. The molecule has 2 heterocycles. The van der Waals surface area contributed by atoms with Gasteiger partial charge in [-0.05, 0) is 50.3 Å². The third-order valence-electron chi connectivity index (χ3n) is 4.06. The first-order valence-electron chi connectivity index (χ1n) is 8.09. The predicted octanol–water partition coefficient (Wildman–Crippen LogP) is 4.28. The molecule has 0 aliphatic heterocycles. The normalized spacial score (nSPS) is 11.2. The molecule has 26 heavy (non-hydrogen) atoms. The molecular formula is C19H17N3O4. The van der Waals surface area contributed by atoms with E-state index in [1.807, 2.05) is 13.8 Å². The lowest BCUT2D eigenvalue weighted by molar-refractivity contribution is -0.384. The molecule has 0 bridgehead atoms. The second-order valence-corrected chi connectivity index (χ2v) is 5.66. The molecule has 0 saturated carbocycles. The number of allylic oxidation sites excluding steroid dienone is 1. The maximum absolute atomic E-state index is 12.3. The van der Waals surface area contributed by atoms with Crippen LogP contribution in [-0.2, 0) is 6.54 Å². The minimum Gasteiger partial charge on any atom is -0.457 e. The van der Waals surface area contributed by atoms with Crippen LogP contribution in [-0.4, -0.2) is 20.5 Å². The van der Waals surface area contributed by atoms with Crippen LogP contribution in [0.25, 0.3) is 17.4 Å². The van der Waals surface area contributed by atoms with Gasteiger partial charge in [-0.2, -0.15) is 5.10 Å². The number of hydrogen-bond donors (Lipinski definition) is 0. The van der Waals surface area contributed by atoms with E-state index in [0.29, 0.717) is 23.6 Å². The Morgan fingerprint density at radius 1 is 1.27 bits per heavy atom. The van der Waals surface area contributed by atoms with Crippen LogP contribution < -0.4 is 0 Å². The van der Waals surface area contributed by atoms with Gasteiger partial charge in [-0.3, -0.25) is 19.6 Å². The molecule has 3 aromatic rings. The van der Waals surface area contributed by atoms with Crippen molar-refractivity contribution in [1.29, 1.82) is 0 Å². The molecule has 0 amide bonds. The number of nitro groups is 1. The number of hydrogen-bond acceptors (Lipinski definition) is 5. The molecule has 0 saturated heterocycles. The van der Waals surface area contributed by atoms with Crippen molar-refractivity contribution >= 4 is 17.5 Å². The monoisotopic (exact) mass is 351 g/mol. The van der Waals surface area contributed by atoms with Crippen molar-refractivity contribution in [3.63, 3.8) is 0 Å². The predicted molar refractivity (Wildman–Crippen MR) is 96.8 cm³/mol. The Morgan fingerprint density at radius 3 is 2.62 bits per heavy atom. The molecule has 0 spiro atoms. The van der Waals surface area contributed by atoms with Gasteiger partial charge in [0, 0.05) is 29.9 Å². The quantitative estimate of drug-likeness (QED) is 0.286. The second kappa shape index (κ2) is 7.18. The van der Waals surface area contributed by atoms with E-state index in [4.69, 9.17) is 4.42 Å². The molecule has 0 aliphatic rings. The lowest BCUT2D eigenvalue weighted by Crippen LogP contribution is -2.01. The number of benzene rings is 1. The third kappa shape index (κ3) is 3.46. The Morgan fingerprint density at radius 2 is 2.00 bits per heavy atom. The van der Waals surface area contributed by atoms with Crippen LogP contribution in [0.5, 0.6) is 0 Å². The summed E-state index contributed by atoms with van der Waals surface area (Å²) in [7, 11) is 0. The fourth-order valence-corrected chi connectivity index (χ4v) is 2.60. The summed E-state index contributed by atoms with van der Waals surface area (Å²) in [6, 6.07) is 9.58. The first-order valence-corrected chi connectivity index (χ1v) is 8.09. The topological polar surface area (TPSA) is 91.2 Å². The number of carbonyl (C=O) groups is 1. The van der Waals surface area contributed by atoms with Crippen LogP contribution in [0, 0.1) is 17.0 Å². The van der Waals surface area contributed by atoms with Gasteiger partial charge in [-0.25, -0.2) is 0 Å². The van der Waals surface area contributed by atoms with Gasteiger partial charge in [-0.15, -0.1) is 0 Å². The van der Waals surface area contributed by atoms with E-state index >= 15 is 0 Å². The van der Waals surface area contributed by atoms with Crippen LogP contribution in [0.3, 0.4) is 0 Å². The van der Waals surface area contributed by atoms with E-state index < -0.39 is 4.92 Å². The Balaban J connectivity index is 1.75. The van der Waals surface area contributed by atoms with Crippen LogP contribution in [0.15, 0.2) is 53.1 Å². The molecule has 0 N–H and O–H groups in total. The largest absolute Gasteiger partial charge is 0.457 e. The number of nitro benzene ring substituents is 1. The van der Waals surface area contributed by atoms with E-state index in [-0.39, 0.29) is 11.5 Å². The zero-order valence-corrected chi connectivity index (χ0v) is 14.4. The van der Waals surface area contributed by atoms with Gasteiger partial charge < -0.3 is 4.42 Å². The zero-order valence-electron chi connectivity index (χ0n) is 14.4. The highest BCUT2D eigenvalue weighted by Gasteiger charge is 2.11. The van der Waals surface area contributed by atoms with E-state index in [0.717, 1.165) is 11.3 Å². The highest BCUT2D eigenvalue weighted by molar-refractivity contribution is 6.07. The van der Waals surface area contributed by atoms with Gasteiger partial charge >= 0.3 is 0 Å². The summed E-state index contributed by atoms with van der Waals surface area (Å²) >= 11 is 0. The number of furan rings is 1. The Labute approximate surface area is 149 Å². The first-order chi connectivity index (χ1) is 12.5. The Kier molecular flexibility index (Phi) is 4.79. The molecule has 7 heteroatoms. The molecule has 0 atom stereocenters. The lowest BCUT2D eigenvalue weighted by Gasteiger charge is -1.99. The van der Waals surface area contributed by atoms with Gasteiger partial charge in [0.25, 0.3) is 5.69 Å². The van der Waals surface area contributed by atoms with E-state index in [1.54, 1.807) is 41.2 Å². The lowest BCUT2D eigenvalue weighted by atomic mass is 10.1. The zero-order chi connectivity index (χ0) is 18.7. The maximum atomic E-state index is 12.3. The number of carbonyl (C=O) groups excluding carboxylic acids is 1. The van der Waals surface area contributed by atoms with Gasteiger partial charge in [0.15, 0.2) is 5.78 Å². The average Bonchev–Trinajstić information content (AvgIpc) is 3.26. The SMILES string of the molecule is CCn1ncc(C(=O)/C=C/c2ccc(-c3ccc([N+](=O)[O-])cc3)o2)c1C. The third-order valence-corrected chi connectivity index (χ3v) is 4.06. The van der Waals surface area contributed by atoms with Crippen LogP contribution >= 0.6 is 0 Å². The molecule has 7 nitrogen and oxygen atoms in total. The highest BCUT2D eigenvalue weighted by atomic mass is 16.6. The summed E-state index contributed by atoms with van der Waals surface area (Å²) in [5.41, 5.74) is 2.13. The fraction of sp³-hybridized carbons (Fsp3) is 0.158. The number of rotatable bonds is 6. The van der Waals surface area contributed by atoms with Crippen molar-refractivity contribution in [3.05, 3.63) is 75.8 Å². The highest BCUT2D eigenvalue weighted by Crippen LogP contribution is 2.25. The van der Waals surface area contributed by atoms with Crippen molar-refractivity contribution in [2.75, 3.05) is 0 Å². The minimum absolute atomic E-state index is 0.0222. The van der Waals surface area contributed by atoms with Crippen molar-refractivity contribution in [3.8, 4) is 11.3 Å². The van der Waals surface area contributed by atoms with Crippen molar-refractivity contribution in [2.24, 2.45) is 0 Å². The fourth-order valence-electron chi connectivity index (χ4n) is 2.60. The average molecular weight is 351 g/mol. The molecule has 3 rings (SSSR count). The number of aromatic nitrogens is 2. The van der Waals surface area contributed by atoms with Gasteiger partial charge in [0.2, 0.25) is 0 Å². The summed E-state index contributed by atoms with van der Waals surface area (Å²) in [4.78, 5) is 22.5. The molecule has 0 aliphatic carbocycles. The van der Waals surface area contributed by atoms with E-state index in [1.165, 1.54) is 18.2 Å². The Bertz CT molecular complexity index is 981. The number of non-ortho nitro benzene ring substituents is 1. The van der Waals surface area contributed by atoms with Gasteiger partial charge in [-0.1, -0.05) is 0 Å². The molecule has 2 aromatic heterocycles. The van der Waals surface area contributed by atoms with Crippen molar-refractivity contribution in [1.82, 2.24) is 9.78 Å². The Hall–Kier alpha value is -3.48. The summed E-state index contributed by atoms with van der Waals surface area (Å²) in [5, 5.41) is 14.9. The second-order valence-electron chi connectivity index (χ2n) is 5.66. The molecule has 0 radical (unpaired) electrons. The van der Waals surface area contributed by atoms with Crippen LogP contribution in [0.1, 0.15) is 28.7 Å². The molecule has 132 valence electrons. The van der Waals surface area contributed by atoms with Gasteiger partial charge in [0.05, 0.1) is 16.7 Å². The van der Waals surface area contributed by atoms with Gasteiger partial charge in [0.1, 0.15) is 11.5 Å². The maximum Gasteiger partial charge on any atom is 0.269 e. The van der Waals surface area contributed by atoms with E-state index in [9.17, 15) is 14.9 Å². The molecular weight excluding hydrogens is 334 g/mol. The standard InChI is InChI=1S/C19H17N3O4/c1-3-21-13(2)17(12-20-21)18(23)10-8-16-9-11-19(26-16)14-4-6-15(7-5-14)22(24)25/h4-12H,3H2,1-2H3/b10-8+. The molecule has 0 unspecified atom stereocenters. The minimum atomic E-state index is -0.450. The number of nitrogens with zero attached hydrogens (tertiary/aromatic N) is 3. The molecule has 0 fully saturated rings. The first kappa shape index (κ1) is 17.3. The molecule has 1 aromatic carbocycles. The van der Waals surface area contributed by atoms with Crippen molar-refractivity contribution < 1.29 is 14.1 Å². The van der Waals surface area contributed by atoms with Crippen LogP contribution in [0.4, 0.5) is 5.69 Å². The summed E-state index contributed by atoms with van der Waals surface area (Å²) < 4.78 is 7.45. The summed E-state index contributed by atoms with van der Waals surface area (Å²) in [6.45, 7) is 4.53. The number of ketones is 1. The van der Waals surface area contributed by atoms with E-state index in [2.05, 4.69) is 5.10 Å². The summed E-state index contributed by atoms with van der Waals surface area (Å²) in [5.74, 6) is 0.949. The smallest absolute Gasteiger partial charge is 0.269 e. The van der Waals surface area contributed by atoms with Crippen molar-refractivity contribution in [2.45, 2.75) is 20.4 Å². The van der Waals surface area contributed by atoms with Crippen LogP contribution in [0.2, 0.25) is 0 Å². The number of aryl methyl sites for hydroxylation is 1.